The molecule has 0 atom stereocenters. The third-order valence-electron chi connectivity index (χ3n) is 1.25. The smallest absolute Gasteiger partial charge is 0.550 e. The number of hydrogen-bond acceptors (Lipinski definition) is 7. The van der Waals surface area contributed by atoms with E-state index in [-0.39, 0.29) is 56.9 Å². The summed E-state index contributed by atoms with van der Waals surface area (Å²) < 4.78 is 0. The van der Waals surface area contributed by atoms with E-state index < -0.39 is 36.4 Å². The molecule has 0 bridgehead atoms. The Labute approximate surface area is 127 Å². The molecule has 0 aliphatic rings. The van der Waals surface area contributed by atoms with E-state index in [9.17, 15) is 29.7 Å². The molecule has 0 aromatic carbocycles. The predicted molar refractivity (Wildman–Crippen MR) is 29.2 cm³/mol. The van der Waals surface area contributed by atoms with Gasteiger partial charge in [0.15, 0.2) is 0 Å². The second kappa shape index (κ2) is 8.44. The van der Waals surface area contributed by atoms with Crippen LogP contribution in [0.5, 0.6) is 0 Å². The molecule has 15 heavy (non-hydrogen) atoms. The molecule has 0 rings (SSSR count). The van der Waals surface area contributed by atoms with E-state index in [1.54, 1.807) is 0 Å². The number of aliphatic hydroxyl groups is 1. The zero-order valence-electron chi connectivity index (χ0n) is 8.02. The average Bonchev–Trinajstić information content (AvgIpc) is 1.82. The van der Waals surface area contributed by atoms with Crippen LogP contribution in [-0.4, -0.2) is 28.6 Å². The summed E-state index contributed by atoms with van der Waals surface area (Å²) in [4.78, 5) is 30.0. The van der Waals surface area contributed by atoms with Crippen LogP contribution in [0, 0.1) is 0 Å². The van der Waals surface area contributed by atoms with Crippen molar-refractivity contribution in [3.05, 3.63) is 0 Å². The van der Waals surface area contributed by atoms with Crippen molar-refractivity contribution in [2.45, 2.75) is 18.4 Å². The van der Waals surface area contributed by atoms with Crippen LogP contribution in [0.2, 0.25) is 0 Å². The normalized spacial score (nSPS) is 9.40. The molecular weight excluding hydrogens is 319 g/mol. The summed E-state index contributed by atoms with van der Waals surface area (Å²) in [7, 11) is 0. The van der Waals surface area contributed by atoms with Gasteiger partial charge in [-0.1, -0.05) is 0 Å². The van der Waals surface area contributed by atoms with Crippen molar-refractivity contribution in [1.82, 2.24) is 0 Å². The first kappa shape index (κ1) is 20.7. The van der Waals surface area contributed by atoms with Gasteiger partial charge in [0.2, 0.25) is 0 Å². The molecule has 0 fully saturated rings. The first-order chi connectivity index (χ1) is 5.78. The first-order valence-corrected chi connectivity index (χ1v) is 3.11. The van der Waals surface area contributed by atoms with Gasteiger partial charge in [-0.3, -0.25) is 0 Å². The van der Waals surface area contributed by atoms with Crippen LogP contribution in [0.1, 0.15) is 12.8 Å². The van der Waals surface area contributed by atoms with Crippen LogP contribution < -0.4 is 44.9 Å². The Balaban J connectivity index is -0.000000720. The summed E-state index contributed by atoms with van der Waals surface area (Å²) in [5, 5.41) is 38.9. The number of hydrogen-bond donors (Lipinski definition) is 1. The standard InChI is InChI=1S/C6H8O7.Cd.Na/c7-3(8)1-6(13,5(11)12)2-4(9)10;;/h13H,1-2H2,(H,7,8)(H,9,10)(H,11,12);;/q;+2;+1/p-3. The van der Waals surface area contributed by atoms with Crippen LogP contribution in [0.4, 0.5) is 0 Å². The second-order valence-electron chi connectivity index (χ2n) is 2.42. The monoisotopic (exact) mass is 326 g/mol. The Morgan fingerprint density at radius 2 is 1.27 bits per heavy atom. The van der Waals surface area contributed by atoms with Gasteiger partial charge in [-0.05, 0) is 0 Å². The van der Waals surface area contributed by atoms with Gasteiger partial charge in [0, 0.05) is 24.8 Å². The molecule has 0 saturated carbocycles. The Bertz CT molecular complexity index is 238. The third kappa shape index (κ3) is 8.14. The molecule has 0 saturated heterocycles. The Kier molecular flexibility index (Phi) is 11.6. The second-order valence-corrected chi connectivity index (χ2v) is 2.42. The van der Waals surface area contributed by atoms with Crippen molar-refractivity contribution in [2.75, 3.05) is 0 Å². The zero-order chi connectivity index (χ0) is 10.6. The molecule has 7 nitrogen and oxygen atoms in total. The van der Waals surface area contributed by atoms with Crippen LogP contribution >= 0.6 is 0 Å². The molecule has 0 unspecified atom stereocenters. The number of carbonyl (C=O) groups excluding carboxylic acids is 3. The Morgan fingerprint density at radius 1 is 1.00 bits per heavy atom. The first-order valence-electron chi connectivity index (χ1n) is 3.11. The van der Waals surface area contributed by atoms with Crippen LogP contribution in [-0.2, 0) is 41.7 Å². The number of carboxylic acids is 3. The van der Waals surface area contributed by atoms with Gasteiger partial charge in [0.25, 0.3) is 0 Å². The van der Waals surface area contributed by atoms with Crippen molar-refractivity contribution in [2.24, 2.45) is 0 Å². The minimum Gasteiger partial charge on any atom is -0.550 e. The van der Waals surface area contributed by atoms with E-state index in [4.69, 9.17) is 5.11 Å². The summed E-state index contributed by atoms with van der Waals surface area (Å²) in [5.41, 5.74) is -2.97. The fraction of sp³-hybridized carbons (Fsp3) is 0.500. The topological polar surface area (TPSA) is 141 Å². The molecule has 0 spiro atoms. The van der Waals surface area contributed by atoms with E-state index in [0.717, 1.165) is 0 Å². The van der Waals surface area contributed by atoms with Crippen LogP contribution in [0.15, 0.2) is 0 Å². The van der Waals surface area contributed by atoms with Crippen molar-refractivity contribution in [1.29, 1.82) is 0 Å². The molecule has 9 heteroatoms. The largest absolute Gasteiger partial charge is 2.00 e. The van der Waals surface area contributed by atoms with Crippen molar-refractivity contribution in [3.8, 4) is 0 Å². The SMILES string of the molecule is O=C([O-])CC(O)(CC(=O)[O-])C(=O)[O-].[Cd+2].[Na+]. The van der Waals surface area contributed by atoms with Crippen molar-refractivity contribution >= 4 is 17.9 Å². The van der Waals surface area contributed by atoms with Gasteiger partial charge in [0.05, 0.1) is 5.97 Å². The Hall–Kier alpha value is 0.292. The quantitative estimate of drug-likeness (QED) is 0.495. The van der Waals surface area contributed by atoms with Crippen LogP contribution in [0.3, 0.4) is 0 Å². The zero-order valence-corrected chi connectivity index (χ0v) is 14.1. The van der Waals surface area contributed by atoms with Gasteiger partial charge in [-0.2, -0.15) is 0 Å². The predicted octanol–water partition coefficient (Wildman–Crippen LogP) is -8.25. The van der Waals surface area contributed by atoms with E-state index >= 15 is 0 Å². The summed E-state index contributed by atoms with van der Waals surface area (Å²) in [5.74, 6) is -5.98. The maximum Gasteiger partial charge on any atom is 2.00 e. The van der Waals surface area contributed by atoms with E-state index in [1.165, 1.54) is 0 Å². The van der Waals surface area contributed by atoms with Crippen LogP contribution in [0.25, 0.3) is 0 Å². The average molecular weight is 325 g/mol. The van der Waals surface area contributed by atoms with Gasteiger partial charge >= 0.3 is 56.9 Å². The van der Waals surface area contributed by atoms with Gasteiger partial charge in [0.1, 0.15) is 5.60 Å². The summed E-state index contributed by atoms with van der Waals surface area (Å²) in [6.07, 6.45) is -2.72. The number of rotatable bonds is 5. The van der Waals surface area contributed by atoms with Gasteiger partial charge in [-0.25, -0.2) is 0 Å². The molecule has 0 heterocycles. The molecule has 0 radical (unpaired) electrons. The van der Waals surface area contributed by atoms with E-state index in [2.05, 4.69) is 0 Å². The fourth-order valence-corrected chi connectivity index (χ4v) is 0.684. The maximum atomic E-state index is 10.1. The summed E-state index contributed by atoms with van der Waals surface area (Å²) >= 11 is 0. The molecule has 0 aliphatic carbocycles. The third-order valence-corrected chi connectivity index (χ3v) is 1.25. The van der Waals surface area contributed by atoms with Gasteiger partial charge < -0.3 is 34.8 Å². The molecule has 74 valence electrons. The van der Waals surface area contributed by atoms with Gasteiger partial charge in [-0.15, -0.1) is 0 Å². The molecular formula is C6H5CdNaO7. The Morgan fingerprint density at radius 3 is 1.40 bits per heavy atom. The van der Waals surface area contributed by atoms with E-state index in [0.29, 0.717) is 0 Å². The maximum absolute atomic E-state index is 10.1. The molecule has 0 aromatic heterocycles. The van der Waals surface area contributed by atoms with E-state index in [1.807, 2.05) is 0 Å². The summed E-state index contributed by atoms with van der Waals surface area (Å²) in [6.45, 7) is 0. The fourth-order valence-electron chi connectivity index (χ4n) is 0.684. The number of carboxylic acid groups (broad SMARTS) is 3. The number of carbonyl (C=O) groups is 3. The molecule has 0 amide bonds. The molecule has 0 aliphatic heterocycles. The summed E-state index contributed by atoms with van der Waals surface area (Å²) in [6, 6.07) is 0. The molecule has 1 N–H and O–H groups in total. The minimum atomic E-state index is -2.97. The van der Waals surface area contributed by atoms with Crippen molar-refractivity contribution < 1.29 is 91.7 Å². The minimum absolute atomic E-state index is 0. The number of aliphatic carboxylic acids is 3. The molecule has 0 aromatic rings. The van der Waals surface area contributed by atoms with Crippen molar-refractivity contribution in [3.63, 3.8) is 0 Å².